The second kappa shape index (κ2) is 6.96. The van der Waals surface area contributed by atoms with Gasteiger partial charge in [0.15, 0.2) is 0 Å². The van der Waals surface area contributed by atoms with Gasteiger partial charge in [0.05, 0.1) is 12.1 Å². The minimum Gasteiger partial charge on any atom is -0.368 e. The van der Waals surface area contributed by atoms with Crippen LogP contribution in [0.1, 0.15) is 24.2 Å². The molecule has 0 aliphatic rings. The van der Waals surface area contributed by atoms with Crippen LogP contribution in [0, 0.1) is 5.92 Å². The Hall–Kier alpha value is -1.01. The van der Waals surface area contributed by atoms with Gasteiger partial charge in [-0.25, -0.2) is 0 Å². The second-order valence-electron chi connectivity index (χ2n) is 4.71. The Bertz CT molecular complexity index is 492. The first-order valence-corrected chi connectivity index (χ1v) is 7.11. The highest BCUT2D eigenvalue weighted by Gasteiger charge is 2.20. The molecule has 0 aromatic heterocycles. The highest BCUT2D eigenvalue weighted by Crippen LogP contribution is 2.21. The highest BCUT2D eigenvalue weighted by molar-refractivity contribution is 9.10. The zero-order valence-corrected chi connectivity index (χ0v) is 13.4. The Morgan fingerprint density at radius 1 is 1.42 bits per heavy atom. The monoisotopic (exact) mass is 344 g/mol. The van der Waals surface area contributed by atoms with Crippen LogP contribution < -0.4 is 5.73 Å². The van der Waals surface area contributed by atoms with Crippen LogP contribution in [0.15, 0.2) is 27.6 Å². The molecule has 1 aromatic carbocycles. The fourth-order valence-electron chi connectivity index (χ4n) is 1.70. The number of nitrogens with zero attached hydrogens (tertiary/aromatic N) is 1. The third kappa shape index (κ3) is 4.87. The molecule has 0 fully saturated rings. The van der Waals surface area contributed by atoms with E-state index in [9.17, 15) is 9.59 Å². The second-order valence-corrected chi connectivity index (χ2v) is 6.10. The number of nitrogens with two attached hydrogens (primary N) is 1. The number of hydrogen-bond acceptors (Lipinski definition) is 3. The average molecular weight is 345 g/mol. The molecule has 1 rings (SSSR count). The Morgan fingerprint density at radius 3 is 2.53 bits per heavy atom. The van der Waals surface area contributed by atoms with E-state index in [1.54, 1.807) is 18.2 Å². The van der Waals surface area contributed by atoms with Crippen molar-refractivity contribution in [2.45, 2.75) is 18.7 Å². The SMILES string of the molecule is CC(C)CN(CC(N)=O)C(=O)c1ccc(Br)cc1S. The number of hydrogen-bond donors (Lipinski definition) is 2. The van der Waals surface area contributed by atoms with Gasteiger partial charge in [-0.3, -0.25) is 9.59 Å². The van der Waals surface area contributed by atoms with E-state index in [0.29, 0.717) is 17.0 Å². The predicted octanol–water partition coefficient (Wildman–Crippen LogP) is 2.32. The van der Waals surface area contributed by atoms with Crippen molar-refractivity contribution < 1.29 is 9.59 Å². The summed E-state index contributed by atoms with van der Waals surface area (Å²) in [6.07, 6.45) is 0. The molecular weight excluding hydrogens is 328 g/mol. The summed E-state index contributed by atoms with van der Waals surface area (Å²) in [6, 6.07) is 5.20. The van der Waals surface area contributed by atoms with E-state index in [2.05, 4.69) is 28.6 Å². The van der Waals surface area contributed by atoms with Crippen molar-refractivity contribution in [1.82, 2.24) is 4.90 Å². The Kier molecular flexibility index (Phi) is 5.87. The molecule has 0 heterocycles. The summed E-state index contributed by atoms with van der Waals surface area (Å²) >= 11 is 7.60. The molecule has 0 unspecified atom stereocenters. The van der Waals surface area contributed by atoms with Gasteiger partial charge >= 0.3 is 0 Å². The van der Waals surface area contributed by atoms with Crippen LogP contribution in [0.5, 0.6) is 0 Å². The summed E-state index contributed by atoms with van der Waals surface area (Å²) in [6.45, 7) is 4.35. The first kappa shape index (κ1) is 16.0. The smallest absolute Gasteiger partial charge is 0.255 e. The summed E-state index contributed by atoms with van der Waals surface area (Å²) in [5, 5.41) is 0. The number of benzene rings is 1. The lowest BCUT2D eigenvalue weighted by Crippen LogP contribution is -2.40. The lowest BCUT2D eigenvalue weighted by Gasteiger charge is -2.23. The van der Waals surface area contributed by atoms with Crippen molar-refractivity contribution in [2.24, 2.45) is 11.7 Å². The molecule has 2 N–H and O–H groups in total. The van der Waals surface area contributed by atoms with Crippen LogP contribution >= 0.6 is 28.6 Å². The summed E-state index contributed by atoms with van der Waals surface area (Å²) < 4.78 is 0.847. The van der Waals surface area contributed by atoms with Gasteiger partial charge in [-0.05, 0) is 24.1 Å². The third-order valence-electron chi connectivity index (χ3n) is 2.41. The maximum Gasteiger partial charge on any atom is 0.255 e. The molecule has 0 atom stereocenters. The Balaban J connectivity index is 3.00. The summed E-state index contributed by atoms with van der Waals surface area (Å²) in [5.41, 5.74) is 5.65. The van der Waals surface area contributed by atoms with Crippen LogP contribution in [0.25, 0.3) is 0 Å². The number of amides is 2. The van der Waals surface area contributed by atoms with Crippen molar-refractivity contribution in [3.05, 3.63) is 28.2 Å². The first-order chi connectivity index (χ1) is 8.81. The topological polar surface area (TPSA) is 63.4 Å². The van der Waals surface area contributed by atoms with E-state index in [4.69, 9.17) is 5.73 Å². The van der Waals surface area contributed by atoms with Gasteiger partial charge in [0.2, 0.25) is 5.91 Å². The number of carbonyl (C=O) groups is 2. The standard InChI is InChI=1S/C13H17BrN2O2S/c1-8(2)6-16(7-12(15)17)13(18)10-4-3-9(14)5-11(10)19/h3-5,8,19H,6-7H2,1-2H3,(H2,15,17). The molecule has 0 spiro atoms. The molecule has 0 aliphatic heterocycles. The van der Waals surface area contributed by atoms with E-state index >= 15 is 0 Å². The van der Waals surface area contributed by atoms with Gasteiger partial charge in [0.25, 0.3) is 5.91 Å². The number of rotatable bonds is 5. The highest BCUT2D eigenvalue weighted by atomic mass is 79.9. The number of thiol groups is 1. The lowest BCUT2D eigenvalue weighted by molar-refractivity contribution is -0.118. The van der Waals surface area contributed by atoms with Crippen molar-refractivity contribution >= 4 is 40.4 Å². The van der Waals surface area contributed by atoms with Crippen molar-refractivity contribution in [1.29, 1.82) is 0 Å². The van der Waals surface area contributed by atoms with Gasteiger partial charge in [-0.1, -0.05) is 29.8 Å². The molecule has 19 heavy (non-hydrogen) atoms. The zero-order valence-electron chi connectivity index (χ0n) is 10.9. The largest absolute Gasteiger partial charge is 0.368 e. The van der Waals surface area contributed by atoms with Crippen molar-refractivity contribution in [3.63, 3.8) is 0 Å². The number of primary amides is 1. The van der Waals surface area contributed by atoms with Crippen LogP contribution in [0.4, 0.5) is 0 Å². The van der Waals surface area contributed by atoms with E-state index in [1.165, 1.54) is 4.90 Å². The molecule has 0 saturated carbocycles. The fraction of sp³-hybridized carbons (Fsp3) is 0.385. The number of carbonyl (C=O) groups excluding carboxylic acids is 2. The van der Waals surface area contributed by atoms with Crippen LogP contribution in [-0.2, 0) is 4.79 Å². The molecule has 4 nitrogen and oxygen atoms in total. The lowest BCUT2D eigenvalue weighted by atomic mass is 10.1. The normalized spacial score (nSPS) is 10.6. The van der Waals surface area contributed by atoms with Crippen LogP contribution in [0.3, 0.4) is 0 Å². The third-order valence-corrected chi connectivity index (χ3v) is 3.27. The quantitative estimate of drug-likeness (QED) is 0.805. The summed E-state index contributed by atoms with van der Waals surface area (Å²) in [5.74, 6) is -0.501. The Labute approximate surface area is 126 Å². The zero-order chi connectivity index (χ0) is 14.6. The molecule has 6 heteroatoms. The molecule has 1 aromatic rings. The molecule has 0 radical (unpaired) electrons. The van der Waals surface area contributed by atoms with Gasteiger partial charge in [-0.15, -0.1) is 12.6 Å². The van der Waals surface area contributed by atoms with E-state index in [1.807, 2.05) is 13.8 Å². The molecular formula is C13H17BrN2O2S. The van der Waals surface area contributed by atoms with E-state index < -0.39 is 5.91 Å². The van der Waals surface area contributed by atoms with Crippen molar-refractivity contribution in [2.75, 3.05) is 13.1 Å². The van der Waals surface area contributed by atoms with E-state index in [-0.39, 0.29) is 18.4 Å². The van der Waals surface area contributed by atoms with E-state index in [0.717, 1.165) is 4.47 Å². The molecule has 0 aliphatic carbocycles. The summed E-state index contributed by atoms with van der Waals surface area (Å²) in [4.78, 5) is 25.5. The average Bonchev–Trinajstić information content (AvgIpc) is 2.26. The first-order valence-electron chi connectivity index (χ1n) is 5.87. The maximum absolute atomic E-state index is 12.4. The molecule has 104 valence electrons. The molecule has 0 bridgehead atoms. The predicted molar refractivity (Wildman–Crippen MR) is 81.3 cm³/mol. The van der Waals surface area contributed by atoms with Gasteiger partial charge in [0.1, 0.15) is 0 Å². The van der Waals surface area contributed by atoms with Gasteiger partial charge in [0, 0.05) is 15.9 Å². The van der Waals surface area contributed by atoms with Gasteiger partial charge in [-0.2, -0.15) is 0 Å². The van der Waals surface area contributed by atoms with Gasteiger partial charge < -0.3 is 10.6 Å². The molecule has 2 amide bonds. The Morgan fingerprint density at radius 2 is 2.05 bits per heavy atom. The maximum atomic E-state index is 12.4. The van der Waals surface area contributed by atoms with Crippen LogP contribution in [0.2, 0.25) is 0 Å². The fourth-order valence-corrected chi connectivity index (χ4v) is 2.55. The number of halogens is 1. The van der Waals surface area contributed by atoms with Crippen LogP contribution in [-0.4, -0.2) is 29.8 Å². The van der Waals surface area contributed by atoms with Crippen molar-refractivity contribution in [3.8, 4) is 0 Å². The summed E-state index contributed by atoms with van der Waals surface area (Å²) in [7, 11) is 0. The molecule has 0 saturated heterocycles. The minimum atomic E-state index is -0.521. The minimum absolute atomic E-state index is 0.0830.